The van der Waals surface area contributed by atoms with Crippen molar-refractivity contribution < 1.29 is 13.7 Å². The van der Waals surface area contributed by atoms with E-state index < -0.39 is 11.7 Å². The molecule has 2 aromatic carbocycles. The summed E-state index contributed by atoms with van der Waals surface area (Å²) >= 11 is 1.38. The Morgan fingerprint density at radius 2 is 2.07 bits per heavy atom. The van der Waals surface area contributed by atoms with Gasteiger partial charge >= 0.3 is 0 Å². The van der Waals surface area contributed by atoms with Gasteiger partial charge in [-0.25, -0.2) is 4.39 Å². The van der Waals surface area contributed by atoms with Gasteiger partial charge in [0.2, 0.25) is 5.89 Å². The van der Waals surface area contributed by atoms with Crippen molar-refractivity contribution >= 4 is 23.4 Å². The van der Waals surface area contributed by atoms with Crippen molar-refractivity contribution in [2.45, 2.75) is 24.5 Å². The fourth-order valence-corrected chi connectivity index (χ4v) is 3.61. The van der Waals surface area contributed by atoms with Gasteiger partial charge in [0.05, 0.1) is 22.7 Å². The Labute approximate surface area is 174 Å². The van der Waals surface area contributed by atoms with Crippen molar-refractivity contribution in [3.8, 4) is 5.69 Å². The number of hydrogen-bond donors (Lipinski definition) is 1. The summed E-state index contributed by atoms with van der Waals surface area (Å²) in [6.07, 6.45) is 0. The highest BCUT2D eigenvalue weighted by Crippen LogP contribution is 2.27. The number of benzene rings is 2. The predicted octanol–water partition coefficient (Wildman–Crippen LogP) is 3.35. The van der Waals surface area contributed by atoms with E-state index in [1.54, 1.807) is 32.0 Å². The van der Waals surface area contributed by atoms with Crippen LogP contribution >= 0.6 is 11.8 Å². The third-order valence-electron chi connectivity index (χ3n) is 4.12. The SMILES string of the molecule is Cc1noc(CSc2ccccc2C(=O)Nc2cc(-n3nnnc3C)ccc2F)n1. The van der Waals surface area contributed by atoms with Crippen molar-refractivity contribution in [2.24, 2.45) is 0 Å². The van der Waals surface area contributed by atoms with E-state index in [1.807, 2.05) is 6.07 Å². The Morgan fingerprint density at radius 1 is 1.23 bits per heavy atom. The second-order valence-electron chi connectivity index (χ2n) is 6.28. The summed E-state index contributed by atoms with van der Waals surface area (Å²) in [6, 6.07) is 11.3. The molecule has 4 aromatic rings. The van der Waals surface area contributed by atoms with E-state index in [9.17, 15) is 9.18 Å². The molecular formula is C19H16FN7O2S. The topological polar surface area (TPSA) is 112 Å². The summed E-state index contributed by atoms with van der Waals surface area (Å²) in [6.45, 7) is 3.46. The number of nitrogens with zero attached hydrogens (tertiary/aromatic N) is 6. The van der Waals surface area contributed by atoms with Gasteiger partial charge in [-0.2, -0.15) is 9.67 Å². The molecule has 4 rings (SSSR count). The predicted molar refractivity (Wildman–Crippen MR) is 107 cm³/mol. The molecule has 0 unspecified atom stereocenters. The molecule has 9 nitrogen and oxygen atoms in total. The van der Waals surface area contributed by atoms with Gasteiger partial charge in [0.15, 0.2) is 11.6 Å². The van der Waals surface area contributed by atoms with Gasteiger partial charge in [-0.1, -0.05) is 17.3 Å². The van der Waals surface area contributed by atoms with Gasteiger partial charge in [-0.3, -0.25) is 4.79 Å². The number of carbonyl (C=O) groups is 1. The number of nitrogens with one attached hydrogen (secondary N) is 1. The summed E-state index contributed by atoms with van der Waals surface area (Å²) in [7, 11) is 0. The number of carbonyl (C=O) groups excluding carboxylic acids is 1. The quantitative estimate of drug-likeness (QED) is 0.468. The molecule has 2 aromatic heterocycles. The zero-order chi connectivity index (χ0) is 21.1. The molecule has 1 N–H and O–H groups in total. The van der Waals surface area contributed by atoms with Crippen molar-refractivity contribution in [1.29, 1.82) is 0 Å². The minimum Gasteiger partial charge on any atom is -0.338 e. The molecule has 0 atom stereocenters. The molecular weight excluding hydrogens is 409 g/mol. The smallest absolute Gasteiger partial charge is 0.256 e. The maximum Gasteiger partial charge on any atom is 0.256 e. The normalized spacial score (nSPS) is 10.9. The zero-order valence-corrected chi connectivity index (χ0v) is 16.9. The third-order valence-corrected chi connectivity index (χ3v) is 5.18. The minimum absolute atomic E-state index is 0.0275. The molecule has 0 aliphatic rings. The van der Waals surface area contributed by atoms with Crippen LogP contribution in [-0.4, -0.2) is 36.3 Å². The molecule has 0 saturated carbocycles. The van der Waals surface area contributed by atoms with Crippen LogP contribution in [0.1, 0.15) is 27.9 Å². The van der Waals surface area contributed by atoms with Crippen molar-refractivity contribution in [2.75, 3.05) is 5.32 Å². The number of amides is 1. The molecule has 0 spiro atoms. The molecule has 0 aliphatic heterocycles. The Hall–Kier alpha value is -3.60. The summed E-state index contributed by atoms with van der Waals surface area (Å²) < 4.78 is 20.9. The van der Waals surface area contributed by atoms with Crippen LogP contribution in [0.5, 0.6) is 0 Å². The van der Waals surface area contributed by atoms with Crippen molar-refractivity contribution in [3.05, 3.63) is 71.4 Å². The van der Waals surface area contributed by atoms with Crippen LogP contribution < -0.4 is 5.32 Å². The van der Waals surface area contributed by atoms with Gasteiger partial charge in [-0.15, -0.1) is 16.9 Å². The highest BCUT2D eigenvalue weighted by Gasteiger charge is 2.16. The molecule has 0 fully saturated rings. The van der Waals surface area contributed by atoms with Crippen LogP contribution in [0.2, 0.25) is 0 Å². The number of aromatic nitrogens is 6. The molecule has 0 radical (unpaired) electrons. The second kappa shape index (κ2) is 8.41. The highest BCUT2D eigenvalue weighted by atomic mass is 32.2. The van der Waals surface area contributed by atoms with Crippen LogP contribution in [0, 0.1) is 19.7 Å². The average molecular weight is 425 g/mol. The summed E-state index contributed by atoms with van der Waals surface area (Å²) in [5, 5.41) is 17.6. The first-order valence-electron chi connectivity index (χ1n) is 8.88. The van der Waals surface area contributed by atoms with Gasteiger partial charge in [0.25, 0.3) is 5.91 Å². The second-order valence-corrected chi connectivity index (χ2v) is 7.29. The minimum atomic E-state index is -0.565. The van der Waals surface area contributed by atoms with Gasteiger partial charge in [-0.05, 0) is 54.6 Å². The van der Waals surface area contributed by atoms with Crippen LogP contribution in [0.4, 0.5) is 10.1 Å². The maximum absolute atomic E-state index is 14.4. The average Bonchev–Trinajstić information content (AvgIpc) is 3.36. The lowest BCUT2D eigenvalue weighted by atomic mass is 10.2. The molecule has 0 bridgehead atoms. The molecule has 0 aliphatic carbocycles. The van der Waals surface area contributed by atoms with Crippen LogP contribution in [0.25, 0.3) is 5.69 Å². The van der Waals surface area contributed by atoms with E-state index >= 15 is 0 Å². The van der Waals surface area contributed by atoms with Gasteiger partial charge in [0, 0.05) is 4.90 Å². The van der Waals surface area contributed by atoms with Crippen molar-refractivity contribution in [3.63, 3.8) is 0 Å². The van der Waals surface area contributed by atoms with Gasteiger partial charge in [0.1, 0.15) is 5.82 Å². The van der Waals surface area contributed by atoms with Crippen LogP contribution in [-0.2, 0) is 5.75 Å². The van der Waals surface area contributed by atoms with E-state index in [1.165, 1.54) is 34.6 Å². The first-order valence-corrected chi connectivity index (χ1v) is 9.87. The van der Waals surface area contributed by atoms with E-state index in [2.05, 4.69) is 31.0 Å². The number of tetrazole rings is 1. The molecule has 11 heteroatoms. The number of anilines is 1. The number of rotatable bonds is 6. The van der Waals surface area contributed by atoms with E-state index in [-0.39, 0.29) is 5.69 Å². The Balaban J connectivity index is 1.55. The van der Waals surface area contributed by atoms with E-state index in [4.69, 9.17) is 4.52 Å². The monoisotopic (exact) mass is 425 g/mol. The number of halogens is 1. The lowest BCUT2D eigenvalue weighted by Gasteiger charge is -2.11. The highest BCUT2D eigenvalue weighted by molar-refractivity contribution is 7.98. The number of aryl methyl sites for hydroxylation is 2. The van der Waals surface area contributed by atoms with E-state index in [0.717, 1.165) is 0 Å². The molecule has 30 heavy (non-hydrogen) atoms. The van der Waals surface area contributed by atoms with Crippen molar-refractivity contribution in [1.82, 2.24) is 30.3 Å². The fraction of sp³-hybridized carbons (Fsp3) is 0.158. The number of hydrogen-bond acceptors (Lipinski definition) is 8. The van der Waals surface area contributed by atoms with Crippen LogP contribution in [0.15, 0.2) is 51.9 Å². The zero-order valence-electron chi connectivity index (χ0n) is 16.0. The van der Waals surface area contributed by atoms with Crippen LogP contribution in [0.3, 0.4) is 0 Å². The third kappa shape index (κ3) is 4.20. The van der Waals surface area contributed by atoms with Gasteiger partial charge < -0.3 is 9.84 Å². The Kier molecular flexibility index (Phi) is 5.53. The summed E-state index contributed by atoms with van der Waals surface area (Å²) in [5.74, 6) is 0.951. The molecule has 1 amide bonds. The molecule has 2 heterocycles. The standard InChI is InChI=1S/C19H16FN7O2S/c1-11-21-18(29-24-11)10-30-17-6-4-3-5-14(17)19(28)22-16-9-13(7-8-15(16)20)27-12(2)23-25-26-27/h3-9H,10H2,1-2H3,(H,22,28). The lowest BCUT2D eigenvalue weighted by molar-refractivity contribution is 0.102. The maximum atomic E-state index is 14.4. The Bertz CT molecular complexity index is 1210. The van der Waals surface area contributed by atoms with E-state index in [0.29, 0.717) is 39.4 Å². The Morgan fingerprint density at radius 3 is 2.80 bits per heavy atom. The first kappa shape index (κ1) is 19.7. The first-order chi connectivity index (χ1) is 14.5. The largest absolute Gasteiger partial charge is 0.338 e. The fourth-order valence-electron chi connectivity index (χ4n) is 2.72. The molecule has 0 saturated heterocycles. The summed E-state index contributed by atoms with van der Waals surface area (Å²) in [5.41, 5.74) is 0.963. The summed E-state index contributed by atoms with van der Waals surface area (Å²) in [4.78, 5) is 17.7. The molecule has 152 valence electrons. The number of thioether (sulfide) groups is 1. The lowest BCUT2D eigenvalue weighted by Crippen LogP contribution is -2.14.